The summed E-state index contributed by atoms with van der Waals surface area (Å²) in [5.74, 6) is 0.622. The maximum Gasteiger partial charge on any atom is 0.416 e. The quantitative estimate of drug-likeness (QED) is 0.664. The monoisotopic (exact) mass is 315 g/mol. The summed E-state index contributed by atoms with van der Waals surface area (Å²) < 4.78 is 38.1. The van der Waals surface area contributed by atoms with E-state index >= 15 is 0 Å². The average Bonchev–Trinajstić information content (AvgIpc) is 2.89. The van der Waals surface area contributed by atoms with Gasteiger partial charge in [-0.15, -0.1) is 0 Å². The molecule has 1 aliphatic heterocycles. The van der Waals surface area contributed by atoms with Crippen LogP contribution in [0.1, 0.15) is 24.5 Å². The van der Waals surface area contributed by atoms with Crippen LogP contribution in [-0.4, -0.2) is 41.7 Å². The van der Waals surface area contributed by atoms with Crippen LogP contribution in [-0.2, 0) is 12.7 Å². The number of rotatable bonds is 3. The highest BCUT2D eigenvalue weighted by atomic mass is 19.4. The summed E-state index contributed by atoms with van der Waals surface area (Å²) >= 11 is 0. The van der Waals surface area contributed by atoms with Crippen molar-refractivity contribution >= 4 is 5.96 Å². The van der Waals surface area contributed by atoms with Crippen LogP contribution in [0.2, 0.25) is 0 Å². The van der Waals surface area contributed by atoms with Gasteiger partial charge in [0.15, 0.2) is 5.96 Å². The number of benzene rings is 1. The summed E-state index contributed by atoms with van der Waals surface area (Å²) in [5.41, 5.74) is -0.160. The van der Waals surface area contributed by atoms with Gasteiger partial charge in [-0.1, -0.05) is 12.1 Å². The van der Waals surface area contributed by atoms with Crippen molar-refractivity contribution in [1.29, 1.82) is 0 Å². The lowest BCUT2D eigenvalue weighted by molar-refractivity contribution is -0.137. The molecule has 7 heteroatoms. The van der Waals surface area contributed by atoms with E-state index in [1.54, 1.807) is 6.07 Å². The highest BCUT2D eigenvalue weighted by Crippen LogP contribution is 2.29. The number of alkyl halides is 3. The zero-order valence-electron chi connectivity index (χ0n) is 12.4. The number of guanidine groups is 1. The Balaban J connectivity index is 2.10. The molecule has 2 rings (SSSR count). The van der Waals surface area contributed by atoms with Gasteiger partial charge in [0.25, 0.3) is 0 Å². The standard InChI is InChI=1S/C15H20F3N3O/c1-2-19-14(21-7-6-13(22)10-21)20-9-11-4-3-5-12(8-11)15(16,17)18/h3-5,8,13,22H,2,6-7,9-10H2,1H3,(H,19,20)/t13-/m1/s1. The summed E-state index contributed by atoms with van der Waals surface area (Å²) in [6, 6.07) is 5.18. The van der Waals surface area contributed by atoms with Crippen molar-refractivity contribution in [1.82, 2.24) is 10.2 Å². The molecule has 0 aliphatic carbocycles. The fraction of sp³-hybridized carbons (Fsp3) is 0.533. The first-order valence-electron chi connectivity index (χ1n) is 7.27. The zero-order chi connectivity index (χ0) is 16.2. The summed E-state index contributed by atoms with van der Waals surface area (Å²) in [6.45, 7) is 3.93. The number of likely N-dealkylation sites (tertiary alicyclic amines) is 1. The average molecular weight is 315 g/mol. The number of halogens is 3. The summed E-state index contributed by atoms with van der Waals surface area (Å²) in [4.78, 5) is 6.29. The highest BCUT2D eigenvalue weighted by Gasteiger charge is 2.30. The smallest absolute Gasteiger partial charge is 0.391 e. The first-order valence-corrected chi connectivity index (χ1v) is 7.27. The molecule has 1 aliphatic rings. The van der Waals surface area contributed by atoms with Gasteiger partial charge in [0, 0.05) is 19.6 Å². The van der Waals surface area contributed by atoms with Crippen molar-refractivity contribution in [3.63, 3.8) is 0 Å². The summed E-state index contributed by atoms with van der Waals surface area (Å²) in [5, 5.41) is 12.7. The lowest BCUT2D eigenvalue weighted by Gasteiger charge is -2.21. The van der Waals surface area contributed by atoms with Crippen molar-refractivity contribution in [2.75, 3.05) is 19.6 Å². The molecule has 0 amide bonds. The van der Waals surface area contributed by atoms with Crippen LogP contribution in [0.4, 0.5) is 13.2 Å². The van der Waals surface area contributed by atoms with Gasteiger partial charge in [0.05, 0.1) is 18.2 Å². The first kappa shape index (κ1) is 16.6. The Kier molecular flexibility index (Phi) is 5.28. The van der Waals surface area contributed by atoms with Crippen LogP contribution in [0.25, 0.3) is 0 Å². The molecule has 1 aromatic carbocycles. The molecule has 1 heterocycles. The number of nitrogens with one attached hydrogen (secondary N) is 1. The fourth-order valence-corrected chi connectivity index (χ4v) is 2.37. The SMILES string of the molecule is CCNC(=NCc1cccc(C(F)(F)F)c1)N1CC[C@@H](O)C1. The normalized spacial score (nSPS) is 19.6. The third-order valence-electron chi connectivity index (χ3n) is 3.46. The zero-order valence-corrected chi connectivity index (χ0v) is 12.4. The van der Waals surface area contributed by atoms with Gasteiger partial charge < -0.3 is 15.3 Å². The number of hydrogen-bond donors (Lipinski definition) is 2. The van der Waals surface area contributed by atoms with E-state index in [0.29, 0.717) is 37.6 Å². The van der Waals surface area contributed by atoms with E-state index in [9.17, 15) is 18.3 Å². The van der Waals surface area contributed by atoms with Gasteiger partial charge in [-0.2, -0.15) is 13.2 Å². The molecular formula is C15H20F3N3O. The first-order chi connectivity index (χ1) is 10.4. The Morgan fingerprint density at radius 3 is 2.82 bits per heavy atom. The second-order valence-corrected chi connectivity index (χ2v) is 5.26. The van der Waals surface area contributed by atoms with Crippen LogP contribution in [0, 0.1) is 0 Å². The molecule has 0 spiro atoms. The van der Waals surface area contributed by atoms with Crippen LogP contribution >= 0.6 is 0 Å². The van der Waals surface area contributed by atoms with Gasteiger partial charge in [0.2, 0.25) is 0 Å². The number of β-amino-alcohol motifs (C(OH)–C–C–N with tert-alkyl or cyclic N) is 1. The molecule has 1 fully saturated rings. The van der Waals surface area contributed by atoms with Gasteiger partial charge in [-0.25, -0.2) is 4.99 Å². The second kappa shape index (κ2) is 7.00. The lowest BCUT2D eigenvalue weighted by Crippen LogP contribution is -2.40. The molecule has 1 saturated heterocycles. The molecule has 4 nitrogen and oxygen atoms in total. The van der Waals surface area contributed by atoms with Gasteiger partial charge >= 0.3 is 6.18 Å². The van der Waals surface area contributed by atoms with E-state index in [0.717, 1.165) is 12.1 Å². The van der Waals surface area contributed by atoms with E-state index < -0.39 is 11.7 Å². The third kappa shape index (κ3) is 4.37. The Labute approximate surface area is 127 Å². The number of aliphatic hydroxyl groups is 1. The third-order valence-corrected chi connectivity index (χ3v) is 3.46. The largest absolute Gasteiger partial charge is 0.416 e. The van der Waals surface area contributed by atoms with Gasteiger partial charge in [-0.3, -0.25) is 0 Å². The van der Waals surface area contributed by atoms with Crippen molar-refractivity contribution in [2.45, 2.75) is 32.2 Å². The minimum absolute atomic E-state index is 0.166. The summed E-state index contributed by atoms with van der Waals surface area (Å²) in [6.07, 6.45) is -4.05. The molecule has 0 saturated carbocycles. The molecule has 0 bridgehead atoms. The Morgan fingerprint density at radius 2 is 2.23 bits per heavy atom. The van der Waals surface area contributed by atoms with Crippen LogP contribution in [0.3, 0.4) is 0 Å². The molecule has 0 unspecified atom stereocenters. The van der Waals surface area contributed by atoms with Crippen LogP contribution < -0.4 is 5.32 Å². The van der Waals surface area contributed by atoms with Crippen LogP contribution in [0.5, 0.6) is 0 Å². The number of nitrogens with zero attached hydrogens (tertiary/aromatic N) is 2. The predicted molar refractivity (Wildman–Crippen MR) is 78.5 cm³/mol. The minimum Gasteiger partial charge on any atom is -0.391 e. The van der Waals surface area contributed by atoms with E-state index in [-0.39, 0.29) is 12.6 Å². The minimum atomic E-state index is -4.34. The molecule has 0 aromatic heterocycles. The fourth-order valence-electron chi connectivity index (χ4n) is 2.37. The van der Waals surface area contributed by atoms with Crippen molar-refractivity contribution in [2.24, 2.45) is 4.99 Å². The van der Waals surface area contributed by atoms with E-state index in [2.05, 4.69) is 10.3 Å². The maximum atomic E-state index is 12.7. The topological polar surface area (TPSA) is 47.9 Å². The Hall–Kier alpha value is -1.76. The van der Waals surface area contributed by atoms with E-state index in [4.69, 9.17) is 0 Å². The van der Waals surface area contributed by atoms with Crippen molar-refractivity contribution in [3.8, 4) is 0 Å². The summed E-state index contributed by atoms with van der Waals surface area (Å²) in [7, 11) is 0. The Bertz CT molecular complexity index is 531. The molecule has 0 radical (unpaired) electrons. The van der Waals surface area contributed by atoms with Crippen molar-refractivity contribution in [3.05, 3.63) is 35.4 Å². The number of aliphatic hydroxyl groups excluding tert-OH is 1. The molecule has 1 atom stereocenters. The van der Waals surface area contributed by atoms with Crippen molar-refractivity contribution < 1.29 is 18.3 Å². The van der Waals surface area contributed by atoms with Gasteiger partial charge in [0.1, 0.15) is 0 Å². The van der Waals surface area contributed by atoms with Crippen LogP contribution in [0.15, 0.2) is 29.3 Å². The maximum absolute atomic E-state index is 12.7. The molecule has 1 aromatic rings. The Morgan fingerprint density at radius 1 is 1.45 bits per heavy atom. The van der Waals surface area contributed by atoms with Gasteiger partial charge in [-0.05, 0) is 31.0 Å². The number of hydrogen-bond acceptors (Lipinski definition) is 2. The number of aliphatic imine (C=N–C) groups is 1. The molecule has 122 valence electrons. The van der Waals surface area contributed by atoms with E-state index in [1.807, 2.05) is 11.8 Å². The highest BCUT2D eigenvalue weighted by molar-refractivity contribution is 5.80. The lowest BCUT2D eigenvalue weighted by atomic mass is 10.1. The molecule has 22 heavy (non-hydrogen) atoms. The predicted octanol–water partition coefficient (Wildman–Crippen LogP) is 2.24. The van der Waals surface area contributed by atoms with E-state index in [1.165, 1.54) is 6.07 Å². The molecular weight excluding hydrogens is 295 g/mol. The molecule has 2 N–H and O–H groups in total. The second-order valence-electron chi connectivity index (χ2n) is 5.26.